The molecule has 0 amide bonds. The second-order valence-electron chi connectivity index (χ2n) is 7.27. The van der Waals surface area contributed by atoms with Crippen LogP contribution in [0.2, 0.25) is 0 Å². The standard InChI is InChI=1S/C24H26N6O3S2/c1-3-32-22(31)17(14-25)6-4-5-16-13-20(11-12-21(16)26-2)33-15-27-18-7-9-19(10-8-18)30-23(34)28-29-24(30)35/h4,6-13,17,26-27H,3,5,15H2,1-2H3,(H,28,34)(H,29,35)/b6-4-. The van der Waals surface area contributed by atoms with Crippen LogP contribution < -0.4 is 15.4 Å². The summed E-state index contributed by atoms with van der Waals surface area (Å²) in [5, 5.41) is 21.2. The van der Waals surface area contributed by atoms with Crippen LogP contribution in [0.25, 0.3) is 5.69 Å². The third-order valence-electron chi connectivity index (χ3n) is 5.02. The summed E-state index contributed by atoms with van der Waals surface area (Å²) in [6, 6.07) is 15.3. The number of carbonyl (C=O) groups is 1. The van der Waals surface area contributed by atoms with Gasteiger partial charge in [-0.2, -0.15) is 5.26 Å². The van der Waals surface area contributed by atoms with Gasteiger partial charge in [-0.1, -0.05) is 12.2 Å². The number of anilines is 2. The van der Waals surface area contributed by atoms with Crippen LogP contribution in [0.15, 0.2) is 54.6 Å². The summed E-state index contributed by atoms with van der Waals surface area (Å²) in [6.45, 7) is 2.21. The zero-order valence-electron chi connectivity index (χ0n) is 19.3. The number of carbonyl (C=O) groups excluding carboxylic acids is 1. The molecule has 2 aromatic carbocycles. The fraction of sp³-hybridized carbons (Fsp3) is 0.250. The number of nitrogens with one attached hydrogen (secondary N) is 4. The van der Waals surface area contributed by atoms with E-state index in [4.69, 9.17) is 33.9 Å². The number of H-pyrrole nitrogens is 2. The number of benzene rings is 2. The SMILES string of the molecule is CCOC(=O)C(C#N)/C=C\Cc1cc(OCNc2ccc(-n3c(=S)[nH][nH]c3=S)cc2)ccc1NC. The smallest absolute Gasteiger partial charge is 0.327 e. The quantitative estimate of drug-likeness (QED) is 0.125. The van der Waals surface area contributed by atoms with Crippen LogP contribution in [-0.4, -0.2) is 41.1 Å². The van der Waals surface area contributed by atoms with Gasteiger partial charge in [0, 0.05) is 18.4 Å². The normalized spacial score (nSPS) is 11.6. The number of aromatic amines is 2. The Morgan fingerprint density at radius 2 is 1.91 bits per heavy atom. The molecule has 1 heterocycles. The van der Waals surface area contributed by atoms with Gasteiger partial charge in [0.25, 0.3) is 0 Å². The Morgan fingerprint density at radius 1 is 1.20 bits per heavy atom. The number of hydrogen-bond acceptors (Lipinski definition) is 8. The lowest BCUT2D eigenvalue weighted by atomic mass is 10.1. The van der Waals surface area contributed by atoms with Crippen molar-refractivity contribution >= 4 is 41.8 Å². The van der Waals surface area contributed by atoms with Crippen molar-refractivity contribution in [1.29, 1.82) is 5.26 Å². The molecule has 1 unspecified atom stereocenters. The Bertz CT molecular complexity index is 1310. The fourth-order valence-corrected chi connectivity index (χ4v) is 3.84. The van der Waals surface area contributed by atoms with Crippen LogP contribution in [0.1, 0.15) is 12.5 Å². The highest BCUT2D eigenvalue weighted by Gasteiger charge is 2.15. The molecule has 3 rings (SSSR count). The summed E-state index contributed by atoms with van der Waals surface area (Å²) in [6.07, 6.45) is 3.86. The fourth-order valence-electron chi connectivity index (χ4n) is 3.29. The third-order valence-corrected chi connectivity index (χ3v) is 5.58. The Kier molecular flexibility index (Phi) is 9.23. The molecule has 0 aliphatic heterocycles. The minimum atomic E-state index is -0.924. The van der Waals surface area contributed by atoms with Crippen molar-refractivity contribution in [2.75, 3.05) is 31.0 Å². The lowest BCUT2D eigenvalue weighted by Crippen LogP contribution is -2.14. The minimum absolute atomic E-state index is 0.238. The maximum absolute atomic E-state index is 11.8. The van der Waals surface area contributed by atoms with Crippen molar-refractivity contribution in [3.05, 3.63) is 69.7 Å². The Balaban J connectivity index is 1.60. The van der Waals surface area contributed by atoms with Gasteiger partial charge >= 0.3 is 5.97 Å². The molecule has 182 valence electrons. The molecule has 0 saturated heterocycles. The Hall–Kier alpha value is -3.88. The van der Waals surface area contributed by atoms with Crippen molar-refractivity contribution in [2.24, 2.45) is 5.92 Å². The molecular weight excluding hydrogens is 484 g/mol. The van der Waals surface area contributed by atoms with E-state index in [1.807, 2.05) is 55.6 Å². The van der Waals surface area contributed by atoms with E-state index in [1.54, 1.807) is 23.6 Å². The highest BCUT2D eigenvalue weighted by molar-refractivity contribution is 7.72. The molecule has 1 aromatic heterocycles. The predicted molar refractivity (Wildman–Crippen MR) is 140 cm³/mol. The van der Waals surface area contributed by atoms with E-state index in [0.717, 1.165) is 22.6 Å². The zero-order chi connectivity index (χ0) is 25.2. The van der Waals surface area contributed by atoms with Gasteiger partial charge in [-0.15, -0.1) is 0 Å². The summed E-state index contributed by atoms with van der Waals surface area (Å²) in [5.41, 5.74) is 3.62. The lowest BCUT2D eigenvalue weighted by molar-refractivity contribution is -0.144. The molecule has 0 fully saturated rings. The van der Waals surface area contributed by atoms with Crippen molar-refractivity contribution in [2.45, 2.75) is 13.3 Å². The summed E-state index contributed by atoms with van der Waals surface area (Å²) < 4.78 is 13.5. The van der Waals surface area contributed by atoms with E-state index in [-0.39, 0.29) is 13.3 Å². The molecular formula is C24H26N6O3S2. The number of ether oxygens (including phenoxy) is 2. The van der Waals surface area contributed by atoms with Gasteiger partial charge in [0.15, 0.2) is 22.2 Å². The molecule has 0 spiro atoms. The average Bonchev–Trinajstić information content (AvgIpc) is 3.20. The highest BCUT2D eigenvalue weighted by atomic mass is 32.1. The van der Waals surface area contributed by atoms with Gasteiger partial charge in [0.05, 0.1) is 18.4 Å². The second kappa shape index (κ2) is 12.5. The number of esters is 1. The number of hydrogen-bond donors (Lipinski definition) is 4. The molecule has 11 heteroatoms. The number of aromatic nitrogens is 3. The van der Waals surface area contributed by atoms with Crippen molar-refractivity contribution < 1.29 is 14.3 Å². The first-order chi connectivity index (χ1) is 17.0. The van der Waals surface area contributed by atoms with E-state index in [0.29, 0.717) is 21.7 Å². The van der Waals surface area contributed by atoms with Crippen molar-refractivity contribution in [3.63, 3.8) is 0 Å². The van der Waals surface area contributed by atoms with Crippen LogP contribution >= 0.6 is 24.4 Å². The van der Waals surface area contributed by atoms with E-state index in [9.17, 15) is 10.1 Å². The van der Waals surface area contributed by atoms with Gasteiger partial charge in [-0.3, -0.25) is 19.6 Å². The zero-order valence-corrected chi connectivity index (χ0v) is 21.0. The van der Waals surface area contributed by atoms with Gasteiger partial charge in [0.1, 0.15) is 5.75 Å². The molecule has 35 heavy (non-hydrogen) atoms. The summed E-state index contributed by atoms with van der Waals surface area (Å²) in [5.74, 6) is -0.786. The molecule has 4 N–H and O–H groups in total. The average molecular weight is 511 g/mol. The molecule has 0 saturated carbocycles. The van der Waals surface area contributed by atoms with Crippen LogP contribution in [0.4, 0.5) is 11.4 Å². The first kappa shape index (κ1) is 25.7. The monoisotopic (exact) mass is 510 g/mol. The third kappa shape index (κ3) is 6.81. The Labute approximate surface area is 213 Å². The van der Waals surface area contributed by atoms with E-state index < -0.39 is 11.9 Å². The summed E-state index contributed by atoms with van der Waals surface area (Å²) >= 11 is 10.5. The maximum atomic E-state index is 11.8. The molecule has 0 radical (unpaired) electrons. The first-order valence-electron chi connectivity index (χ1n) is 10.9. The molecule has 0 aliphatic rings. The van der Waals surface area contributed by atoms with Crippen molar-refractivity contribution in [3.8, 4) is 17.5 Å². The Morgan fingerprint density at radius 3 is 2.54 bits per heavy atom. The van der Waals surface area contributed by atoms with Gasteiger partial charge in [-0.05, 0) is 85.8 Å². The summed E-state index contributed by atoms with van der Waals surface area (Å²) in [7, 11) is 1.83. The van der Waals surface area contributed by atoms with Crippen LogP contribution in [0.3, 0.4) is 0 Å². The highest BCUT2D eigenvalue weighted by Crippen LogP contribution is 2.23. The van der Waals surface area contributed by atoms with Gasteiger partial charge < -0.3 is 20.1 Å². The second-order valence-corrected chi connectivity index (χ2v) is 8.04. The minimum Gasteiger partial charge on any atom is -0.473 e. The largest absolute Gasteiger partial charge is 0.473 e. The predicted octanol–water partition coefficient (Wildman–Crippen LogP) is 4.88. The molecule has 9 nitrogen and oxygen atoms in total. The van der Waals surface area contributed by atoms with E-state index >= 15 is 0 Å². The first-order valence-corrected chi connectivity index (χ1v) is 11.7. The van der Waals surface area contributed by atoms with Crippen LogP contribution in [0.5, 0.6) is 5.75 Å². The lowest BCUT2D eigenvalue weighted by Gasteiger charge is -2.13. The maximum Gasteiger partial charge on any atom is 0.327 e. The number of allylic oxidation sites excluding steroid dienone is 1. The van der Waals surface area contributed by atoms with Crippen LogP contribution in [-0.2, 0) is 16.0 Å². The molecule has 0 bridgehead atoms. The number of nitriles is 1. The summed E-state index contributed by atoms with van der Waals surface area (Å²) in [4.78, 5) is 11.8. The number of nitrogens with zero attached hydrogens (tertiary/aromatic N) is 2. The van der Waals surface area contributed by atoms with Gasteiger partial charge in [-0.25, -0.2) is 0 Å². The topological polar surface area (TPSA) is 120 Å². The molecule has 1 atom stereocenters. The molecule has 0 aliphatic carbocycles. The van der Waals surface area contributed by atoms with Crippen LogP contribution in [0, 0.1) is 26.8 Å². The van der Waals surface area contributed by atoms with Gasteiger partial charge in [0.2, 0.25) is 0 Å². The van der Waals surface area contributed by atoms with Crippen molar-refractivity contribution in [1.82, 2.24) is 14.8 Å². The molecule has 3 aromatic rings. The van der Waals surface area contributed by atoms with E-state index in [2.05, 4.69) is 20.8 Å². The van der Waals surface area contributed by atoms with E-state index in [1.165, 1.54) is 0 Å². The number of rotatable bonds is 11.